The van der Waals surface area contributed by atoms with Crippen LogP contribution >= 0.6 is 0 Å². The van der Waals surface area contributed by atoms with Gasteiger partial charge >= 0.3 is 0 Å². The fraction of sp³-hybridized carbons (Fsp3) is 1.00. The van der Waals surface area contributed by atoms with Crippen LogP contribution in [0.5, 0.6) is 0 Å². The van der Waals surface area contributed by atoms with E-state index in [4.69, 9.17) is 0 Å². The molecule has 0 aromatic heterocycles. The summed E-state index contributed by atoms with van der Waals surface area (Å²) >= 11 is 0. The van der Waals surface area contributed by atoms with Crippen LogP contribution < -0.4 is 0 Å². The molecule has 0 N–H and O–H groups in total. The molecule has 2 aliphatic rings. The minimum absolute atomic E-state index is 0.440. The Balaban J connectivity index is 2.41. The lowest BCUT2D eigenvalue weighted by molar-refractivity contribution is 0.0389. The Kier molecular flexibility index (Phi) is 2.27. The van der Waals surface area contributed by atoms with Crippen molar-refractivity contribution in [3.8, 4) is 0 Å². The first-order valence-electron chi connectivity index (χ1n) is 6.07. The Labute approximate surface area is 94.6 Å². The van der Waals surface area contributed by atoms with Crippen molar-refractivity contribution in [2.75, 3.05) is 40.3 Å². The van der Waals surface area contributed by atoms with Crippen molar-refractivity contribution in [3.63, 3.8) is 0 Å². The van der Waals surface area contributed by atoms with E-state index < -0.39 is 0 Å². The van der Waals surface area contributed by atoms with Crippen LogP contribution in [-0.2, 0) is 0 Å². The van der Waals surface area contributed by atoms with Crippen LogP contribution in [0, 0.1) is 16.2 Å². The van der Waals surface area contributed by atoms with Gasteiger partial charge in [-0.15, -0.1) is 0 Å². The SMILES string of the molecule is CN1CC(C)(C)C2(C1)CN(C)CC2(C)C. The number of hydrogen-bond acceptors (Lipinski definition) is 2. The molecular formula is C13H26N2. The molecule has 15 heavy (non-hydrogen) atoms. The summed E-state index contributed by atoms with van der Waals surface area (Å²) in [6.07, 6.45) is 0. The lowest BCUT2D eigenvalue weighted by Crippen LogP contribution is -2.48. The van der Waals surface area contributed by atoms with Crippen molar-refractivity contribution in [1.29, 1.82) is 0 Å². The quantitative estimate of drug-likeness (QED) is 0.603. The molecule has 0 aromatic carbocycles. The summed E-state index contributed by atoms with van der Waals surface area (Å²) in [4.78, 5) is 5.03. The van der Waals surface area contributed by atoms with Gasteiger partial charge in [0, 0.05) is 31.6 Å². The van der Waals surface area contributed by atoms with Gasteiger partial charge in [0.25, 0.3) is 0 Å². The van der Waals surface area contributed by atoms with Crippen molar-refractivity contribution in [3.05, 3.63) is 0 Å². The molecule has 0 unspecified atom stereocenters. The van der Waals surface area contributed by atoms with E-state index in [1.54, 1.807) is 0 Å². The lowest BCUT2D eigenvalue weighted by atomic mass is 9.56. The van der Waals surface area contributed by atoms with Crippen molar-refractivity contribution >= 4 is 0 Å². The van der Waals surface area contributed by atoms with E-state index in [1.165, 1.54) is 26.2 Å². The van der Waals surface area contributed by atoms with Gasteiger partial charge in [0.2, 0.25) is 0 Å². The third-order valence-electron chi connectivity index (χ3n) is 5.00. The Morgan fingerprint density at radius 1 is 0.667 bits per heavy atom. The van der Waals surface area contributed by atoms with E-state index in [9.17, 15) is 0 Å². The topological polar surface area (TPSA) is 6.48 Å². The minimum atomic E-state index is 0.440. The van der Waals surface area contributed by atoms with Gasteiger partial charge in [-0.05, 0) is 24.9 Å². The average Bonchev–Trinajstić information content (AvgIpc) is 2.31. The van der Waals surface area contributed by atoms with Crippen molar-refractivity contribution in [2.24, 2.45) is 16.2 Å². The predicted octanol–water partition coefficient (Wildman–Crippen LogP) is 1.92. The number of nitrogens with zero attached hydrogens (tertiary/aromatic N) is 2. The maximum Gasteiger partial charge on any atom is 0.00838 e. The normalized spacial score (nSPS) is 34.0. The summed E-state index contributed by atoms with van der Waals surface area (Å²) in [6.45, 7) is 14.8. The monoisotopic (exact) mass is 210 g/mol. The molecule has 0 radical (unpaired) electrons. The lowest BCUT2D eigenvalue weighted by Gasteiger charge is -2.46. The first-order chi connectivity index (χ1) is 6.70. The molecule has 2 fully saturated rings. The highest BCUT2D eigenvalue weighted by molar-refractivity contribution is 5.13. The molecule has 0 bridgehead atoms. The summed E-state index contributed by atoms with van der Waals surface area (Å²) in [5, 5.41) is 0. The Morgan fingerprint density at radius 2 is 1.00 bits per heavy atom. The van der Waals surface area contributed by atoms with E-state index in [-0.39, 0.29) is 0 Å². The molecule has 2 rings (SSSR count). The fourth-order valence-electron chi connectivity index (χ4n) is 4.51. The second-order valence-electron chi connectivity index (χ2n) is 7.19. The highest BCUT2D eigenvalue weighted by Gasteiger charge is 2.62. The van der Waals surface area contributed by atoms with Gasteiger partial charge in [-0.25, -0.2) is 0 Å². The summed E-state index contributed by atoms with van der Waals surface area (Å²) in [7, 11) is 4.54. The first-order valence-corrected chi connectivity index (χ1v) is 6.07. The van der Waals surface area contributed by atoms with E-state index in [0.717, 1.165) is 0 Å². The molecule has 1 spiro atoms. The van der Waals surface area contributed by atoms with Crippen molar-refractivity contribution in [2.45, 2.75) is 27.7 Å². The third kappa shape index (κ3) is 1.38. The summed E-state index contributed by atoms with van der Waals surface area (Å²) in [5.74, 6) is 0. The van der Waals surface area contributed by atoms with E-state index in [2.05, 4.69) is 51.6 Å². The first kappa shape index (κ1) is 11.4. The molecular weight excluding hydrogens is 184 g/mol. The molecule has 88 valence electrons. The van der Waals surface area contributed by atoms with Gasteiger partial charge in [0.1, 0.15) is 0 Å². The van der Waals surface area contributed by atoms with Crippen molar-refractivity contribution in [1.82, 2.24) is 9.80 Å². The van der Waals surface area contributed by atoms with E-state index >= 15 is 0 Å². The van der Waals surface area contributed by atoms with Gasteiger partial charge in [-0.2, -0.15) is 0 Å². The van der Waals surface area contributed by atoms with Crippen LogP contribution in [0.2, 0.25) is 0 Å². The highest BCUT2D eigenvalue weighted by atomic mass is 15.2. The second-order valence-corrected chi connectivity index (χ2v) is 7.19. The molecule has 0 aliphatic carbocycles. The van der Waals surface area contributed by atoms with Crippen LogP contribution in [0.15, 0.2) is 0 Å². The van der Waals surface area contributed by atoms with Gasteiger partial charge in [0.15, 0.2) is 0 Å². The molecule has 2 saturated heterocycles. The maximum absolute atomic E-state index is 2.51. The number of likely N-dealkylation sites (tertiary alicyclic amines) is 2. The van der Waals surface area contributed by atoms with Crippen LogP contribution in [0.25, 0.3) is 0 Å². The average molecular weight is 210 g/mol. The molecule has 0 saturated carbocycles. The predicted molar refractivity (Wildman–Crippen MR) is 65.0 cm³/mol. The zero-order chi connectivity index (χ0) is 11.5. The second kappa shape index (κ2) is 2.98. The molecule has 2 aliphatic heterocycles. The van der Waals surface area contributed by atoms with Gasteiger partial charge in [0.05, 0.1) is 0 Å². The Hall–Kier alpha value is -0.0800. The molecule has 0 amide bonds. The van der Waals surface area contributed by atoms with Crippen LogP contribution in [-0.4, -0.2) is 50.1 Å². The maximum atomic E-state index is 2.51. The van der Waals surface area contributed by atoms with Crippen LogP contribution in [0.4, 0.5) is 0 Å². The van der Waals surface area contributed by atoms with Gasteiger partial charge < -0.3 is 9.80 Å². The van der Waals surface area contributed by atoms with Crippen LogP contribution in [0.3, 0.4) is 0 Å². The summed E-state index contributed by atoms with van der Waals surface area (Å²) < 4.78 is 0. The molecule has 2 nitrogen and oxygen atoms in total. The van der Waals surface area contributed by atoms with Gasteiger partial charge in [-0.1, -0.05) is 27.7 Å². The highest BCUT2D eigenvalue weighted by Crippen LogP contribution is 2.59. The zero-order valence-electron chi connectivity index (χ0n) is 11.2. The number of hydrogen-bond donors (Lipinski definition) is 0. The smallest absolute Gasteiger partial charge is 0.00838 e. The summed E-state index contributed by atoms with van der Waals surface area (Å²) in [5.41, 5.74) is 1.36. The molecule has 2 heteroatoms. The molecule has 2 heterocycles. The number of rotatable bonds is 0. The van der Waals surface area contributed by atoms with E-state index in [1.807, 2.05) is 0 Å². The van der Waals surface area contributed by atoms with Gasteiger partial charge in [-0.3, -0.25) is 0 Å². The third-order valence-corrected chi connectivity index (χ3v) is 5.00. The summed E-state index contributed by atoms with van der Waals surface area (Å²) in [6, 6.07) is 0. The standard InChI is InChI=1S/C13H26N2/c1-11(2)7-14(5)9-13(11)10-15(6)8-12(13,3)4/h7-10H2,1-6H3. The Bertz CT molecular complexity index is 240. The van der Waals surface area contributed by atoms with Crippen LogP contribution in [0.1, 0.15) is 27.7 Å². The molecule has 0 aromatic rings. The Morgan fingerprint density at radius 3 is 1.20 bits per heavy atom. The zero-order valence-corrected chi connectivity index (χ0v) is 11.2. The minimum Gasteiger partial charge on any atom is -0.305 e. The largest absolute Gasteiger partial charge is 0.305 e. The molecule has 0 atom stereocenters. The van der Waals surface area contributed by atoms with Crippen molar-refractivity contribution < 1.29 is 0 Å². The van der Waals surface area contributed by atoms with E-state index in [0.29, 0.717) is 16.2 Å². The fourth-order valence-corrected chi connectivity index (χ4v) is 4.51.